The molecule has 0 aliphatic rings. The molecule has 0 aliphatic carbocycles. The molecule has 0 aromatic heterocycles. The second-order valence-corrected chi connectivity index (χ2v) is 3.22. The maximum Gasteiger partial charge on any atom is 0.458 e. The van der Waals surface area contributed by atoms with E-state index in [1.807, 2.05) is 0 Å². The van der Waals surface area contributed by atoms with Gasteiger partial charge in [0.25, 0.3) is 0 Å². The van der Waals surface area contributed by atoms with Crippen LogP contribution < -0.4 is 0 Å². The molecule has 0 amide bonds. The fourth-order valence-electron chi connectivity index (χ4n) is 0.871. The molecule has 0 radical (unpaired) electrons. The zero-order valence-electron chi connectivity index (χ0n) is 9.22. The Morgan fingerprint density at radius 1 is 1.35 bits per heavy atom. The zero-order valence-corrected chi connectivity index (χ0v) is 9.22. The van der Waals surface area contributed by atoms with Crippen LogP contribution in [0.5, 0.6) is 0 Å². The van der Waals surface area contributed by atoms with Crippen molar-refractivity contribution in [1.29, 1.82) is 5.26 Å². The molecular weight excluding hydrogens is 243 g/mol. The molecule has 96 valence electrons. The molecule has 17 heavy (non-hydrogen) atoms. The van der Waals surface area contributed by atoms with Crippen LogP contribution in [0.1, 0.15) is 20.3 Å². The highest BCUT2D eigenvalue weighted by molar-refractivity contribution is 5.81. The van der Waals surface area contributed by atoms with E-state index in [1.54, 1.807) is 6.07 Å². The van der Waals surface area contributed by atoms with E-state index >= 15 is 0 Å². The summed E-state index contributed by atoms with van der Waals surface area (Å²) in [6, 6.07) is 0.628. The van der Waals surface area contributed by atoms with E-state index < -0.39 is 23.7 Å². The number of allylic oxidation sites excluding steroid dienone is 2. The lowest BCUT2D eigenvalue weighted by molar-refractivity contribution is -0.261. The van der Waals surface area contributed by atoms with Crippen LogP contribution in [0.3, 0.4) is 0 Å². The van der Waals surface area contributed by atoms with Gasteiger partial charge in [-0.2, -0.15) is 27.2 Å². The molecule has 1 atom stereocenters. The van der Waals surface area contributed by atoms with Crippen molar-refractivity contribution in [2.45, 2.75) is 38.4 Å². The van der Waals surface area contributed by atoms with Crippen molar-refractivity contribution < 1.29 is 22.0 Å². The quantitative estimate of drug-likeness (QED) is 0.558. The van der Waals surface area contributed by atoms with Crippen LogP contribution in [-0.2, 0) is 0 Å². The smallest absolute Gasteiger partial charge is 0.274 e. The molecule has 0 saturated heterocycles. The van der Waals surface area contributed by atoms with Crippen molar-refractivity contribution in [2.24, 2.45) is 4.99 Å². The Morgan fingerprint density at radius 2 is 1.88 bits per heavy atom. The molecule has 1 unspecified atom stereocenters. The molecule has 0 aromatic carbocycles. The third kappa shape index (κ3) is 4.13. The highest BCUT2D eigenvalue weighted by Crippen LogP contribution is 2.40. The van der Waals surface area contributed by atoms with Crippen molar-refractivity contribution in [1.82, 2.24) is 0 Å². The largest absolute Gasteiger partial charge is 0.458 e. The van der Waals surface area contributed by atoms with Crippen LogP contribution >= 0.6 is 0 Å². The first-order chi connectivity index (χ1) is 7.66. The van der Waals surface area contributed by atoms with Gasteiger partial charge in [-0.1, -0.05) is 13.0 Å². The summed E-state index contributed by atoms with van der Waals surface area (Å²) in [6.45, 7) is 2.71. The average Bonchev–Trinajstić information content (AvgIpc) is 2.21. The Labute approximate surface area is 95.4 Å². The first-order valence-electron chi connectivity index (χ1n) is 4.74. The third-order valence-electron chi connectivity index (χ3n) is 1.77. The van der Waals surface area contributed by atoms with E-state index in [9.17, 15) is 22.0 Å². The van der Waals surface area contributed by atoms with Gasteiger partial charge in [-0.15, -0.1) is 0 Å². The summed E-state index contributed by atoms with van der Waals surface area (Å²) in [6.07, 6.45) is -4.52. The minimum Gasteiger partial charge on any atom is -0.274 e. The maximum atomic E-state index is 13.0. The lowest BCUT2D eigenvalue weighted by Crippen LogP contribution is -2.39. The fraction of sp³-hybridized carbons (Fsp3) is 0.600. The SMILES string of the molecule is CC/C=C(\C=N/C(C)C#N)C(F)(F)C(F)(F)F. The number of nitriles is 1. The Kier molecular flexibility index (Phi) is 5.26. The third-order valence-corrected chi connectivity index (χ3v) is 1.77. The molecule has 0 aliphatic heterocycles. The Morgan fingerprint density at radius 3 is 2.24 bits per heavy atom. The standard InChI is InChI=1S/C10H11F5N2/c1-3-4-8(6-17-7(2)5-16)9(11,12)10(13,14)15/h4,6-7H,3H2,1-2H3/b8-4+,17-6-. The Bertz CT molecular complexity index is 349. The van der Waals surface area contributed by atoms with E-state index in [-0.39, 0.29) is 6.42 Å². The van der Waals surface area contributed by atoms with Crippen LogP contribution in [-0.4, -0.2) is 24.4 Å². The summed E-state index contributed by atoms with van der Waals surface area (Å²) >= 11 is 0. The van der Waals surface area contributed by atoms with Crippen LogP contribution in [0, 0.1) is 11.3 Å². The van der Waals surface area contributed by atoms with Gasteiger partial charge in [-0.05, 0) is 13.3 Å². The lowest BCUT2D eigenvalue weighted by Gasteiger charge is -2.20. The van der Waals surface area contributed by atoms with Gasteiger partial charge in [0.2, 0.25) is 0 Å². The molecule has 0 bridgehead atoms. The number of aliphatic imine (C=N–C) groups is 1. The molecule has 2 nitrogen and oxygen atoms in total. The summed E-state index contributed by atoms with van der Waals surface area (Å²) in [5, 5.41) is 8.35. The van der Waals surface area contributed by atoms with Gasteiger partial charge in [-0.25, -0.2) is 0 Å². The number of hydrogen-bond acceptors (Lipinski definition) is 2. The van der Waals surface area contributed by atoms with Crippen LogP contribution in [0.4, 0.5) is 22.0 Å². The van der Waals surface area contributed by atoms with Gasteiger partial charge in [0.1, 0.15) is 6.04 Å². The average molecular weight is 254 g/mol. The Balaban J connectivity index is 5.22. The zero-order chi connectivity index (χ0) is 13.7. The number of alkyl halides is 5. The molecular formula is C10H11F5N2. The summed E-state index contributed by atoms with van der Waals surface area (Å²) in [5.41, 5.74) is -1.24. The predicted molar refractivity (Wildman–Crippen MR) is 52.9 cm³/mol. The molecule has 0 N–H and O–H groups in total. The van der Waals surface area contributed by atoms with Gasteiger partial charge >= 0.3 is 12.1 Å². The van der Waals surface area contributed by atoms with Crippen molar-refractivity contribution in [3.63, 3.8) is 0 Å². The van der Waals surface area contributed by atoms with Crippen molar-refractivity contribution >= 4 is 6.21 Å². The number of halogens is 5. The van der Waals surface area contributed by atoms with Gasteiger partial charge in [0.05, 0.1) is 6.07 Å². The summed E-state index contributed by atoms with van der Waals surface area (Å²) in [7, 11) is 0. The van der Waals surface area contributed by atoms with Crippen molar-refractivity contribution in [3.8, 4) is 6.07 Å². The molecule has 7 heteroatoms. The van der Waals surface area contributed by atoms with Gasteiger partial charge in [-0.3, -0.25) is 4.99 Å². The highest BCUT2D eigenvalue weighted by atomic mass is 19.4. The maximum absolute atomic E-state index is 13.0. The second kappa shape index (κ2) is 5.75. The molecule has 0 spiro atoms. The second-order valence-electron chi connectivity index (χ2n) is 3.22. The molecule has 0 fully saturated rings. The minimum atomic E-state index is -5.67. The number of rotatable bonds is 4. The lowest BCUT2D eigenvalue weighted by atomic mass is 10.1. The van der Waals surface area contributed by atoms with Crippen LogP contribution in [0.15, 0.2) is 16.6 Å². The van der Waals surface area contributed by atoms with Crippen molar-refractivity contribution in [2.75, 3.05) is 0 Å². The molecule has 0 rings (SSSR count). The van der Waals surface area contributed by atoms with Crippen molar-refractivity contribution in [3.05, 3.63) is 11.6 Å². The summed E-state index contributed by atoms with van der Waals surface area (Å²) in [4.78, 5) is 3.31. The molecule has 0 saturated carbocycles. The molecule has 0 aromatic rings. The monoisotopic (exact) mass is 254 g/mol. The predicted octanol–water partition coefficient (Wildman–Crippen LogP) is 3.50. The first kappa shape index (κ1) is 15.5. The fourth-order valence-corrected chi connectivity index (χ4v) is 0.871. The summed E-state index contributed by atoms with van der Waals surface area (Å²) in [5.74, 6) is -4.96. The summed E-state index contributed by atoms with van der Waals surface area (Å²) < 4.78 is 62.2. The van der Waals surface area contributed by atoms with Gasteiger partial charge < -0.3 is 0 Å². The van der Waals surface area contributed by atoms with Crippen LogP contribution in [0.25, 0.3) is 0 Å². The Hall–Kier alpha value is -1.45. The van der Waals surface area contributed by atoms with E-state index in [4.69, 9.17) is 5.26 Å². The van der Waals surface area contributed by atoms with Crippen LogP contribution in [0.2, 0.25) is 0 Å². The van der Waals surface area contributed by atoms with Gasteiger partial charge in [0.15, 0.2) is 0 Å². The van der Waals surface area contributed by atoms with Gasteiger partial charge in [0, 0.05) is 11.8 Å². The van der Waals surface area contributed by atoms with E-state index in [0.717, 1.165) is 6.08 Å². The minimum absolute atomic E-state index is 0.00789. The van der Waals surface area contributed by atoms with E-state index in [2.05, 4.69) is 4.99 Å². The molecule has 0 heterocycles. The van der Waals surface area contributed by atoms with E-state index in [0.29, 0.717) is 6.21 Å². The normalized spacial score (nSPS) is 16.0. The van der Waals surface area contributed by atoms with E-state index in [1.165, 1.54) is 13.8 Å². The number of hydrogen-bond donors (Lipinski definition) is 0. The number of nitrogens with zero attached hydrogens (tertiary/aromatic N) is 2. The topological polar surface area (TPSA) is 36.1 Å². The highest BCUT2D eigenvalue weighted by Gasteiger charge is 2.59. The first-order valence-corrected chi connectivity index (χ1v) is 4.74.